The highest BCUT2D eigenvalue weighted by Crippen LogP contribution is 2.25. The molecule has 28 heavy (non-hydrogen) atoms. The molecule has 0 atom stereocenters. The number of nitrogens with one attached hydrogen (secondary N) is 1. The molecule has 2 aromatic carbocycles. The van der Waals surface area contributed by atoms with Crippen LogP contribution in [0.3, 0.4) is 0 Å². The Hall–Kier alpha value is -2.73. The third-order valence-electron chi connectivity index (χ3n) is 4.15. The Morgan fingerprint density at radius 3 is 2.29 bits per heavy atom. The van der Waals surface area contributed by atoms with Gasteiger partial charge in [-0.3, -0.25) is 9.59 Å². The predicted molar refractivity (Wildman–Crippen MR) is 116 cm³/mol. The first-order valence-corrected chi connectivity index (χ1v) is 9.14. The molecule has 3 N–H and O–H groups in total. The average Bonchev–Trinajstić information content (AvgIpc) is 2.69. The molecule has 0 aliphatic carbocycles. The molecular weight excluding hydrogens is 378 g/mol. The maximum Gasteiger partial charge on any atom is 0.255 e. The van der Waals surface area contributed by atoms with Gasteiger partial charge in [0.1, 0.15) is 5.75 Å². The standard InChI is InChI=1S/C21H27N3O3.ClH/c1-4-11-24(12-5-2)21(26)16-8-6-7-15(13-16)20(25)23-19-14-17(27-3)9-10-18(19)22;/h6-10,13-14H,4-5,11-12,22H2,1-3H3,(H,23,25);1H. The Morgan fingerprint density at radius 2 is 1.68 bits per heavy atom. The van der Waals surface area contributed by atoms with Crippen LogP contribution in [0.1, 0.15) is 47.4 Å². The van der Waals surface area contributed by atoms with E-state index in [1.165, 1.54) is 0 Å². The van der Waals surface area contributed by atoms with E-state index in [4.69, 9.17) is 10.5 Å². The smallest absolute Gasteiger partial charge is 0.255 e. The molecule has 0 spiro atoms. The zero-order chi connectivity index (χ0) is 19.8. The van der Waals surface area contributed by atoms with Crippen LogP contribution in [0.15, 0.2) is 42.5 Å². The number of nitrogen functional groups attached to an aromatic ring is 1. The van der Waals surface area contributed by atoms with E-state index in [9.17, 15) is 9.59 Å². The number of hydrogen-bond acceptors (Lipinski definition) is 4. The maximum absolute atomic E-state index is 12.8. The van der Waals surface area contributed by atoms with E-state index in [-0.39, 0.29) is 24.2 Å². The highest BCUT2D eigenvalue weighted by Gasteiger charge is 2.16. The van der Waals surface area contributed by atoms with Crippen molar-refractivity contribution in [2.45, 2.75) is 26.7 Å². The van der Waals surface area contributed by atoms with Gasteiger partial charge in [0.05, 0.1) is 18.5 Å². The van der Waals surface area contributed by atoms with Crippen LogP contribution < -0.4 is 15.8 Å². The lowest BCUT2D eigenvalue weighted by atomic mass is 10.1. The summed E-state index contributed by atoms with van der Waals surface area (Å²) < 4.78 is 5.16. The van der Waals surface area contributed by atoms with Crippen molar-refractivity contribution in [1.29, 1.82) is 0 Å². The van der Waals surface area contributed by atoms with Crippen LogP contribution in [0.2, 0.25) is 0 Å². The number of carbonyl (C=O) groups is 2. The molecule has 0 aliphatic rings. The van der Waals surface area contributed by atoms with Gasteiger partial charge in [-0.1, -0.05) is 19.9 Å². The van der Waals surface area contributed by atoms with Crippen molar-refractivity contribution in [3.05, 3.63) is 53.6 Å². The minimum atomic E-state index is -0.331. The quantitative estimate of drug-likeness (QED) is 0.644. The number of rotatable bonds is 8. The second-order valence-electron chi connectivity index (χ2n) is 6.28. The highest BCUT2D eigenvalue weighted by molar-refractivity contribution is 6.07. The van der Waals surface area contributed by atoms with Gasteiger partial charge in [-0.2, -0.15) is 0 Å². The molecule has 0 unspecified atom stereocenters. The lowest BCUT2D eigenvalue weighted by Gasteiger charge is -2.21. The van der Waals surface area contributed by atoms with Gasteiger partial charge in [-0.25, -0.2) is 0 Å². The molecule has 2 aromatic rings. The fourth-order valence-corrected chi connectivity index (χ4v) is 2.80. The summed E-state index contributed by atoms with van der Waals surface area (Å²) >= 11 is 0. The molecule has 0 radical (unpaired) electrons. The Morgan fingerprint density at radius 1 is 1.04 bits per heavy atom. The monoisotopic (exact) mass is 405 g/mol. The molecule has 0 heterocycles. The minimum absolute atomic E-state index is 0. The van der Waals surface area contributed by atoms with Crippen LogP contribution in [-0.4, -0.2) is 36.9 Å². The Labute approximate surface area is 172 Å². The van der Waals surface area contributed by atoms with Crippen LogP contribution in [0, 0.1) is 0 Å². The minimum Gasteiger partial charge on any atom is -0.497 e. The fraction of sp³-hybridized carbons (Fsp3) is 0.333. The third-order valence-corrected chi connectivity index (χ3v) is 4.15. The second-order valence-corrected chi connectivity index (χ2v) is 6.28. The van der Waals surface area contributed by atoms with Crippen LogP contribution >= 0.6 is 12.4 Å². The topological polar surface area (TPSA) is 84.7 Å². The molecule has 152 valence electrons. The van der Waals surface area contributed by atoms with E-state index in [0.29, 0.717) is 41.3 Å². The van der Waals surface area contributed by atoms with Gasteiger partial charge in [0.25, 0.3) is 11.8 Å². The Bertz CT molecular complexity index is 805. The number of amides is 2. The first-order chi connectivity index (χ1) is 13.0. The second kappa shape index (κ2) is 11.2. The van der Waals surface area contributed by atoms with Gasteiger partial charge >= 0.3 is 0 Å². The number of ether oxygens (including phenoxy) is 1. The van der Waals surface area contributed by atoms with E-state index in [2.05, 4.69) is 5.32 Å². The molecule has 6 nitrogen and oxygen atoms in total. The lowest BCUT2D eigenvalue weighted by Crippen LogP contribution is -2.32. The van der Waals surface area contributed by atoms with Gasteiger partial charge in [0, 0.05) is 30.3 Å². The molecule has 0 fully saturated rings. The van der Waals surface area contributed by atoms with Crippen LogP contribution in [0.25, 0.3) is 0 Å². The summed E-state index contributed by atoms with van der Waals surface area (Å²) in [4.78, 5) is 27.2. The first-order valence-electron chi connectivity index (χ1n) is 9.14. The van der Waals surface area contributed by atoms with Gasteiger partial charge in [-0.15, -0.1) is 12.4 Å². The predicted octanol–water partition coefficient (Wildman–Crippen LogP) is 4.21. The SMILES string of the molecule is CCCN(CCC)C(=O)c1cccc(C(=O)Nc2cc(OC)ccc2N)c1.Cl. The van der Waals surface area contributed by atoms with Crippen molar-refractivity contribution in [2.75, 3.05) is 31.2 Å². The molecular formula is C21H28ClN3O3. The van der Waals surface area contributed by atoms with E-state index in [0.717, 1.165) is 12.8 Å². The zero-order valence-electron chi connectivity index (χ0n) is 16.5. The number of halogens is 1. The molecule has 0 aliphatic heterocycles. The van der Waals surface area contributed by atoms with E-state index in [1.807, 2.05) is 18.7 Å². The van der Waals surface area contributed by atoms with Gasteiger partial charge in [-0.05, 0) is 43.2 Å². The third kappa shape index (κ3) is 5.89. The first kappa shape index (κ1) is 23.3. The van der Waals surface area contributed by atoms with Crippen molar-refractivity contribution >= 4 is 35.6 Å². The number of nitrogens with two attached hydrogens (primary N) is 1. The summed E-state index contributed by atoms with van der Waals surface area (Å²) in [6, 6.07) is 11.8. The number of anilines is 2. The van der Waals surface area contributed by atoms with Crippen molar-refractivity contribution in [3.8, 4) is 5.75 Å². The Balaban J connectivity index is 0.00000392. The van der Waals surface area contributed by atoms with Crippen LogP contribution in [0.5, 0.6) is 5.75 Å². The van der Waals surface area contributed by atoms with E-state index >= 15 is 0 Å². The molecule has 0 saturated carbocycles. The van der Waals surface area contributed by atoms with Gasteiger partial charge < -0.3 is 20.7 Å². The van der Waals surface area contributed by atoms with Crippen LogP contribution in [-0.2, 0) is 0 Å². The maximum atomic E-state index is 12.8. The normalized spacial score (nSPS) is 9.96. The largest absolute Gasteiger partial charge is 0.497 e. The molecule has 2 amide bonds. The number of hydrogen-bond donors (Lipinski definition) is 2. The van der Waals surface area contributed by atoms with Crippen molar-refractivity contribution in [1.82, 2.24) is 4.90 Å². The van der Waals surface area contributed by atoms with Crippen molar-refractivity contribution in [3.63, 3.8) is 0 Å². The summed E-state index contributed by atoms with van der Waals surface area (Å²) in [6.07, 6.45) is 1.78. The highest BCUT2D eigenvalue weighted by atomic mass is 35.5. The molecule has 0 saturated heterocycles. The number of carbonyl (C=O) groups excluding carboxylic acids is 2. The molecule has 2 rings (SSSR count). The number of nitrogens with zero attached hydrogens (tertiary/aromatic N) is 1. The van der Waals surface area contributed by atoms with E-state index < -0.39 is 0 Å². The van der Waals surface area contributed by atoms with Crippen molar-refractivity contribution < 1.29 is 14.3 Å². The number of benzene rings is 2. The average molecular weight is 406 g/mol. The lowest BCUT2D eigenvalue weighted by molar-refractivity contribution is 0.0755. The fourth-order valence-electron chi connectivity index (χ4n) is 2.80. The summed E-state index contributed by atoms with van der Waals surface area (Å²) in [7, 11) is 1.55. The Kier molecular flexibility index (Phi) is 9.32. The summed E-state index contributed by atoms with van der Waals surface area (Å²) in [5.41, 5.74) is 7.73. The van der Waals surface area contributed by atoms with Crippen molar-refractivity contribution in [2.24, 2.45) is 0 Å². The summed E-state index contributed by atoms with van der Waals surface area (Å²) in [5.74, 6) is 0.203. The zero-order valence-corrected chi connectivity index (χ0v) is 17.3. The molecule has 7 heteroatoms. The molecule has 0 aromatic heterocycles. The van der Waals surface area contributed by atoms with Gasteiger partial charge in [0.15, 0.2) is 0 Å². The van der Waals surface area contributed by atoms with Gasteiger partial charge in [0.2, 0.25) is 0 Å². The molecule has 0 bridgehead atoms. The summed E-state index contributed by atoms with van der Waals surface area (Å²) in [6.45, 7) is 5.48. The summed E-state index contributed by atoms with van der Waals surface area (Å²) in [5, 5.41) is 2.78. The van der Waals surface area contributed by atoms with Crippen LogP contribution in [0.4, 0.5) is 11.4 Å². The van der Waals surface area contributed by atoms with E-state index in [1.54, 1.807) is 49.6 Å². The number of methoxy groups -OCH3 is 1.